The van der Waals surface area contributed by atoms with Crippen LogP contribution in [0.1, 0.15) is 25.3 Å². The van der Waals surface area contributed by atoms with E-state index in [1.54, 1.807) is 0 Å². The number of hydrogen-bond acceptors (Lipinski definition) is 3. The molecule has 112 valence electrons. The van der Waals surface area contributed by atoms with Gasteiger partial charge in [0, 0.05) is 23.1 Å². The van der Waals surface area contributed by atoms with Gasteiger partial charge in [0.1, 0.15) is 10.7 Å². The summed E-state index contributed by atoms with van der Waals surface area (Å²) in [7, 11) is -3.86. The molecule has 20 heavy (non-hydrogen) atoms. The van der Waals surface area contributed by atoms with Crippen molar-refractivity contribution in [3.05, 3.63) is 28.0 Å². The quantitative estimate of drug-likeness (QED) is 0.813. The zero-order valence-corrected chi connectivity index (χ0v) is 13.6. The van der Waals surface area contributed by atoms with E-state index in [0.29, 0.717) is 16.9 Å². The SMILES string of the molecule is CC(CNS(=O)(=O)c1cc(Br)cc(CN)c1F)C1CC1. The third kappa shape index (κ3) is 3.58. The van der Waals surface area contributed by atoms with Gasteiger partial charge in [0.2, 0.25) is 10.0 Å². The van der Waals surface area contributed by atoms with Crippen LogP contribution in [0, 0.1) is 17.7 Å². The molecule has 0 heterocycles. The molecule has 0 radical (unpaired) electrons. The lowest BCUT2D eigenvalue weighted by molar-refractivity contribution is 0.488. The maximum Gasteiger partial charge on any atom is 0.243 e. The molecule has 1 fully saturated rings. The summed E-state index contributed by atoms with van der Waals surface area (Å²) in [6.07, 6.45) is 2.29. The van der Waals surface area contributed by atoms with Gasteiger partial charge in [-0.05, 0) is 36.8 Å². The average Bonchev–Trinajstić information content (AvgIpc) is 3.22. The first-order chi connectivity index (χ1) is 9.35. The molecule has 1 aromatic rings. The molecule has 7 heteroatoms. The Kier molecular flexibility index (Phi) is 4.84. The van der Waals surface area contributed by atoms with Gasteiger partial charge in [-0.25, -0.2) is 17.5 Å². The lowest BCUT2D eigenvalue weighted by Gasteiger charge is -2.14. The fraction of sp³-hybridized carbons (Fsp3) is 0.538. The van der Waals surface area contributed by atoms with Crippen molar-refractivity contribution in [1.82, 2.24) is 4.72 Å². The van der Waals surface area contributed by atoms with Gasteiger partial charge in [0.15, 0.2) is 0 Å². The van der Waals surface area contributed by atoms with Gasteiger partial charge in [-0.15, -0.1) is 0 Å². The zero-order chi connectivity index (χ0) is 14.9. The highest BCUT2D eigenvalue weighted by atomic mass is 79.9. The predicted molar refractivity (Wildman–Crippen MR) is 79.1 cm³/mol. The molecule has 1 aromatic carbocycles. The van der Waals surface area contributed by atoms with E-state index in [9.17, 15) is 12.8 Å². The molecular formula is C13H18BrFN2O2S. The molecule has 0 amide bonds. The third-order valence-corrected chi connectivity index (χ3v) is 5.49. The van der Waals surface area contributed by atoms with E-state index in [2.05, 4.69) is 20.7 Å². The second-order valence-electron chi connectivity index (χ2n) is 5.25. The summed E-state index contributed by atoms with van der Waals surface area (Å²) in [5.74, 6) is 0.0842. The van der Waals surface area contributed by atoms with Crippen LogP contribution in [0.5, 0.6) is 0 Å². The minimum Gasteiger partial charge on any atom is -0.326 e. The van der Waals surface area contributed by atoms with Crippen molar-refractivity contribution in [2.45, 2.75) is 31.2 Å². The lowest BCUT2D eigenvalue weighted by atomic mass is 10.1. The van der Waals surface area contributed by atoms with Crippen LogP contribution in [-0.4, -0.2) is 15.0 Å². The Morgan fingerprint density at radius 2 is 2.15 bits per heavy atom. The Morgan fingerprint density at radius 3 is 2.70 bits per heavy atom. The molecule has 0 aromatic heterocycles. The van der Waals surface area contributed by atoms with E-state index < -0.39 is 15.8 Å². The van der Waals surface area contributed by atoms with Crippen LogP contribution in [0.15, 0.2) is 21.5 Å². The van der Waals surface area contributed by atoms with Gasteiger partial charge in [-0.2, -0.15) is 0 Å². The minimum absolute atomic E-state index is 0.0493. The molecule has 1 unspecified atom stereocenters. The van der Waals surface area contributed by atoms with Crippen LogP contribution in [-0.2, 0) is 16.6 Å². The number of benzene rings is 1. The van der Waals surface area contributed by atoms with Crippen molar-refractivity contribution >= 4 is 26.0 Å². The number of nitrogens with one attached hydrogen (secondary N) is 1. The molecule has 2 rings (SSSR count). The van der Waals surface area contributed by atoms with Crippen molar-refractivity contribution in [1.29, 1.82) is 0 Å². The van der Waals surface area contributed by atoms with Gasteiger partial charge < -0.3 is 5.73 Å². The minimum atomic E-state index is -3.86. The standard InChI is InChI=1S/C13H18BrFN2O2S/c1-8(9-2-3-9)7-17-20(18,19)12-5-11(14)4-10(6-16)13(12)15/h4-5,8-9,17H,2-3,6-7,16H2,1H3. The van der Waals surface area contributed by atoms with Crippen molar-refractivity contribution < 1.29 is 12.8 Å². The Hall–Kier alpha value is -0.500. The molecular weight excluding hydrogens is 347 g/mol. The maximum atomic E-state index is 14.1. The van der Waals surface area contributed by atoms with Crippen LogP contribution in [0.3, 0.4) is 0 Å². The number of hydrogen-bond donors (Lipinski definition) is 2. The highest BCUT2D eigenvalue weighted by Crippen LogP contribution is 2.36. The highest BCUT2D eigenvalue weighted by molar-refractivity contribution is 9.10. The second kappa shape index (κ2) is 6.09. The second-order valence-corrected chi connectivity index (χ2v) is 7.90. The predicted octanol–water partition coefficient (Wildman–Crippen LogP) is 2.37. The van der Waals surface area contributed by atoms with Gasteiger partial charge in [-0.3, -0.25) is 0 Å². The summed E-state index contributed by atoms with van der Waals surface area (Å²) in [4.78, 5) is -0.352. The molecule has 0 bridgehead atoms. The summed E-state index contributed by atoms with van der Waals surface area (Å²) in [5, 5.41) is 0. The molecule has 3 N–H and O–H groups in total. The third-order valence-electron chi connectivity index (χ3n) is 3.61. The molecule has 1 aliphatic carbocycles. The Balaban J connectivity index is 2.22. The number of sulfonamides is 1. The Bertz CT molecular complexity index is 603. The zero-order valence-electron chi connectivity index (χ0n) is 11.2. The molecule has 1 saturated carbocycles. The van der Waals surface area contributed by atoms with Gasteiger partial charge in [0.05, 0.1) is 0 Å². The normalized spacial score (nSPS) is 17.2. The highest BCUT2D eigenvalue weighted by Gasteiger charge is 2.29. The van der Waals surface area contributed by atoms with Gasteiger partial charge in [-0.1, -0.05) is 22.9 Å². The molecule has 0 spiro atoms. The van der Waals surface area contributed by atoms with Crippen molar-refractivity contribution in [2.75, 3.05) is 6.54 Å². The first kappa shape index (κ1) is 15.9. The maximum absolute atomic E-state index is 14.1. The first-order valence-corrected chi connectivity index (χ1v) is 8.80. The fourth-order valence-corrected chi connectivity index (χ4v) is 4.06. The number of nitrogens with two attached hydrogens (primary N) is 1. The lowest BCUT2D eigenvalue weighted by Crippen LogP contribution is -2.30. The van der Waals surface area contributed by atoms with Gasteiger partial charge >= 0.3 is 0 Å². The molecule has 1 atom stereocenters. The van der Waals surface area contributed by atoms with Crippen LogP contribution < -0.4 is 10.5 Å². The molecule has 1 aliphatic rings. The van der Waals surface area contributed by atoms with E-state index >= 15 is 0 Å². The Labute approximate surface area is 127 Å². The van der Waals surface area contributed by atoms with Crippen LogP contribution in [0.25, 0.3) is 0 Å². The smallest absolute Gasteiger partial charge is 0.243 e. The van der Waals surface area contributed by atoms with Crippen LogP contribution in [0.2, 0.25) is 0 Å². The fourth-order valence-electron chi connectivity index (χ4n) is 2.11. The van der Waals surface area contributed by atoms with Gasteiger partial charge in [0.25, 0.3) is 0 Å². The van der Waals surface area contributed by atoms with Crippen molar-refractivity contribution in [3.8, 4) is 0 Å². The summed E-state index contributed by atoms with van der Waals surface area (Å²) in [5.41, 5.74) is 5.60. The number of rotatable bonds is 6. The number of halogens is 2. The van der Waals surface area contributed by atoms with Crippen LogP contribution in [0.4, 0.5) is 4.39 Å². The molecule has 4 nitrogen and oxygen atoms in total. The topological polar surface area (TPSA) is 72.2 Å². The van der Waals surface area contributed by atoms with Crippen LogP contribution >= 0.6 is 15.9 Å². The van der Waals surface area contributed by atoms with E-state index in [0.717, 1.165) is 12.8 Å². The summed E-state index contributed by atoms with van der Waals surface area (Å²) in [6.45, 7) is 2.28. The van der Waals surface area contributed by atoms with E-state index in [4.69, 9.17) is 5.73 Å². The monoisotopic (exact) mass is 364 g/mol. The Morgan fingerprint density at radius 1 is 1.50 bits per heavy atom. The van der Waals surface area contributed by atoms with E-state index in [1.165, 1.54) is 12.1 Å². The van der Waals surface area contributed by atoms with Crippen molar-refractivity contribution in [2.24, 2.45) is 17.6 Å². The van der Waals surface area contributed by atoms with E-state index in [-0.39, 0.29) is 22.9 Å². The molecule has 0 saturated heterocycles. The summed E-state index contributed by atoms with van der Waals surface area (Å²) in [6, 6.07) is 2.75. The van der Waals surface area contributed by atoms with E-state index in [1.807, 2.05) is 6.92 Å². The largest absolute Gasteiger partial charge is 0.326 e. The van der Waals surface area contributed by atoms with Crippen molar-refractivity contribution in [3.63, 3.8) is 0 Å². The molecule has 0 aliphatic heterocycles. The first-order valence-electron chi connectivity index (χ1n) is 6.53. The summed E-state index contributed by atoms with van der Waals surface area (Å²) < 4.78 is 41.5. The summed E-state index contributed by atoms with van der Waals surface area (Å²) >= 11 is 3.18. The average molecular weight is 365 g/mol.